The molecule has 1 aliphatic heterocycles. The smallest absolute Gasteiger partial charge is 0.321 e. The van der Waals surface area contributed by atoms with Gasteiger partial charge in [0.15, 0.2) is 0 Å². The number of nitrogens with zero attached hydrogens (tertiary/aromatic N) is 7. The maximum Gasteiger partial charge on any atom is 0.321 e. The fourth-order valence-electron chi connectivity index (χ4n) is 5.39. The summed E-state index contributed by atoms with van der Waals surface area (Å²) in [5.74, 6) is 0.868. The number of urea groups is 1. The zero-order chi connectivity index (χ0) is 28.0. The fourth-order valence-corrected chi connectivity index (χ4v) is 5.66. The van der Waals surface area contributed by atoms with Crippen molar-refractivity contribution < 1.29 is 13.9 Å². The number of ether oxygens (including phenoxy) is 1. The van der Waals surface area contributed by atoms with Gasteiger partial charge in [0.25, 0.3) is 0 Å². The average molecular weight is 560 g/mol. The molecule has 9 nitrogen and oxygen atoms in total. The van der Waals surface area contributed by atoms with E-state index < -0.39 is 5.82 Å². The minimum atomic E-state index is -0.431. The van der Waals surface area contributed by atoms with Crippen LogP contribution in [0.3, 0.4) is 0 Å². The Kier molecular flexibility index (Phi) is 6.71. The molecule has 2 amide bonds. The molecule has 0 bridgehead atoms. The second-order valence-corrected chi connectivity index (χ2v) is 10.4. The Morgan fingerprint density at radius 2 is 1.80 bits per heavy atom. The zero-order valence-electron chi connectivity index (χ0n) is 22.3. The number of carbonyl (C=O) groups is 1. The second kappa shape index (κ2) is 10.3. The van der Waals surface area contributed by atoms with Crippen LogP contribution in [0, 0.1) is 12.7 Å². The van der Waals surface area contributed by atoms with Gasteiger partial charge >= 0.3 is 12.0 Å². The predicted octanol–water partition coefficient (Wildman–Crippen LogP) is 6.25. The van der Waals surface area contributed by atoms with Crippen molar-refractivity contribution in [2.24, 2.45) is 0 Å². The number of amides is 2. The first-order valence-electron chi connectivity index (χ1n) is 13.0. The van der Waals surface area contributed by atoms with Crippen molar-refractivity contribution in [2.75, 3.05) is 27.2 Å². The molecule has 5 aromatic rings. The third-order valence-corrected chi connectivity index (χ3v) is 7.56. The van der Waals surface area contributed by atoms with Gasteiger partial charge in [-0.15, -0.1) is 0 Å². The fraction of sp³-hybridized carbons (Fsp3) is 0.276. The van der Waals surface area contributed by atoms with Gasteiger partial charge in [0.2, 0.25) is 0 Å². The Labute approximate surface area is 235 Å². The molecule has 0 radical (unpaired) electrons. The van der Waals surface area contributed by atoms with Crippen LogP contribution in [0.4, 0.5) is 9.18 Å². The lowest BCUT2D eigenvalue weighted by molar-refractivity contribution is 0.149. The van der Waals surface area contributed by atoms with Gasteiger partial charge in [-0.3, -0.25) is 4.98 Å². The molecule has 3 aromatic heterocycles. The summed E-state index contributed by atoms with van der Waals surface area (Å²) >= 11 is 6.63. The molecule has 0 spiro atoms. The number of halogens is 2. The Morgan fingerprint density at radius 3 is 2.50 bits per heavy atom. The van der Waals surface area contributed by atoms with E-state index in [0.29, 0.717) is 40.5 Å². The van der Waals surface area contributed by atoms with E-state index in [1.807, 2.05) is 11.8 Å². The number of piperidine rings is 1. The zero-order valence-corrected chi connectivity index (χ0v) is 23.1. The minimum Gasteiger partial charge on any atom is -0.424 e. The minimum absolute atomic E-state index is 0.0185. The van der Waals surface area contributed by atoms with E-state index in [0.717, 1.165) is 35.1 Å². The van der Waals surface area contributed by atoms with Crippen LogP contribution < -0.4 is 4.74 Å². The Balaban J connectivity index is 1.39. The highest BCUT2D eigenvalue weighted by Gasteiger charge is 2.28. The molecule has 0 saturated carbocycles. The molecule has 6 rings (SSSR count). The van der Waals surface area contributed by atoms with Gasteiger partial charge in [-0.2, -0.15) is 0 Å². The Bertz CT molecular complexity index is 1730. The van der Waals surface area contributed by atoms with E-state index in [9.17, 15) is 4.79 Å². The highest BCUT2D eigenvalue weighted by Crippen LogP contribution is 2.38. The predicted molar refractivity (Wildman–Crippen MR) is 151 cm³/mol. The van der Waals surface area contributed by atoms with Crippen LogP contribution in [0.1, 0.15) is 24.7 Å². The number of fused-ring (bicyclic) bond motifs is 3. The van der Waals surface area contributed by atoms with Crippen LogP contribution in [0.25, 0.3) is 33.1 Å². The van der Waals surface area contributed by atoms with Crippen molar-refractivity contribution in [3.8, 4) is 22.9 Å². The van der Waals surface area contributed by atoms with Crippen LogP contribution in [-0.2, 0) is 0 Å². The van der Waals surface area contributed by atoms with E-state index in [1.165, 1.54) is 6.07 Å². The van der Waals surface area contributed by atoms with E-state index in [4.69, 9.17) is 21.3 Å². The molecular formula is C29H27ClFN7O2. The van der Waals surface area contributed by atoms with E-state index in [2.05, 4.69) is 19.5 Å². The molecule has 1 saturated heterocycles. The third-order valence-electron chi connectivity index (χ3n) is 7.25. The molecule has 40 heavy (non-hydrogen) atoms. The van der Waals surface area contributed by atoms with Gasteiger partial charge in [-0.05, 0) is 44.0 Å². The van der Waals surface area contributed by atoms with E-state index in [1.54, 1.807) is 67.9 Å². The summed E-state index contributed by atoms with van der Waals surface area (Å²) in [7, 11) is 3.53. The van der Waals surface area contributed by atoms with E-state index >= 15 is 4.39 Å². The third kappa shape index (κ3) is 4.68. The number of rotatable bonds is 4. The molecule has 0 unspecified atom stereocenters. The van der Waals surface area contributed by atoms with Gasteiger partial charge in [0.1, 0.15) is 22.9 Å². The first kappa shape index (κ1) is 25.9. The summed E-state index contributed by atoms with van der Waals surface area (Å²) in [6.07, 6.45) is 6.44. The molecule has 0 N–H and O–H groups in total. The maximum absolute atomic E-state index is 15.5. The summed E-state index contributed by atoms with van der Waals surface area (Å²) < 4.78 is 23.4. The lowest BCUT2D eigenvalue weighted by Crippen LogP contribution is -2.44. The molecular weight excluding hydrogens is 533 g/mol. The number of hydrogen-bond acceptors (Lipinski definition) is 6. The van der Waals surface area contributed by atoms with Gasteiger partial charge in [0.05, 0.1) is 22.3 Å². The molecule has 0 aliphatic carbocycles. The molecule has 4 heterocycles. The highest BCUT2D eigenvalue weighted by molar-refractivity contribution is 6.33. The van der Waals surface area contributed by atoms with Gasteiger partial charge in [-0.25, -0.2) is 24.1 Å². The Morgan fingerprint density at radius 1 is 1.05 bits per heavy atom. The number of likely N-dealkylation sites (tertiary alicyclic amines) is 1. The second-order valence-electron chi connectivity index (χ2n) is 10.0. The Hall–Kier alpha value is -4.31. The first-order valence-corrected chi connectivity index (χ1v) is 13.4. The summed E-state index contributed by atoms with van der Waals surface area (Å²) in [5.41, 5.74) is 3.06. The number of benzene rings is 2. The summed E-state index contributed by atoms with van der Waals surface area (Å²) in [4.78, 5) is 33.3. The standard InChI is InChI=1S/C29H27ClFN7O2/c1-17-35-26-16-34-25-15-24(31)21(20-6-5-19(13-23(20)30)40-28-32-9-4-10-33-28)14-22(25)27(26)38(17)18-7-11-37(12-8-18)29(39)36(2)3/h4-6,9-10,13-16,18H,7-8,11-12H2,1-3H3. The summed E-state index contributed by atoms with van der Waals surface area (Å²) in [6, 6.07) is 10.3. The normalized spacial score (nSPS) is 14.2. The summed E-state index contributed by atoms with van der Waals surface area (Å²) in [6.45, 7) is 3.28. The topological polar surface area (TPSA) is 89.3 Å². The van der Waals surface area contributed by atoms with Crippen LogP contribution in [-0.4, -0.2) is 67.5 Å². The van der Waals surface area contributed by atoms with Crippen molar-refractivity contribution in [3.05, 3.63) is 71.7 Å². The lowest BCUT2D eigenvalue weighted by Gasteiger charge is -2.34. The molecule has 0 atom stereocenters. The number of imidazole rings is 1. The maximum atomic E-state index is 15.5. The molecule has 11 heteroatoms. The SMILES string of the molecule is Cc1nc2cnc3cc(F)c(-c4ccc(Oc5ncccn5)cc4Cl)cc3c2n1C1CCN(C(=O)N(C)C)CC1. The van der Waals surface area contributed by atoms with Gasteiger partial charge in [-0.1, -0.05) is 11.6 Å². The average Bonchev–Trinajstić information content (AvgIpc) is 3.29. The summed E-state index contributed by atoms with van der Waals surface area (Å²) in [5, 5.41) is 1.12. The van der Waals surface area contributed by atoms with Gasteiger partial charge in [0, 0.05) is 74.3 Å². The van der Waals surface area contributed by atoms with Crippen LogP contribution in [0.5, 0.6) is 11.8 Å². The van der Waals surface area contributed by atoms with E-state index in [-0.39, 0.29) is 18.1 Å². The van der Waals surface area contributed by atoms with Crippen LogP contribution >= 0.6 is 11.6 Å². The van der Waals surface area contributed by atoms with Gasteiger partial charge < -0.3 is 19.1 Å². The van der Waals surface area contributed by atoms with Crippen LogP contribution in [0.15, 0.2) is 55.0 Å². The number of aromatic nitrogens is 5. The van der Waals surface area contributed by atoms with Crippen LogP contribution in [0.2, 0.25) is 5.02 Å². The highest BCUT2D eigenvalue weighted by atomic mass is 35.5. The van der Waals surface area contributed by atoms with Crippen molar-refractivity contribution in [3.63, 3.8) is 0 Å². The van der Waals surface area contributed by atoms with Crippen molar-refractivity contribution in [2.45, 2.75) is 25.8 Å². The number of hydrogen-bond donors (Lipinski definition) is 0. The van der Waals surface area contributed by atoms with Crippen molar-refractivity contribution in [1.82, 2.24) is 34.3 Å². The lowest BCUT2D eigenvalue weighted by atomic mass is 10.0. The molecule has 1 fully saturated rings. The molecule has 204 valence electrons. The monoisotopic (exact) mass is 559 g/mol. The van der Waals surface area contributed by atoms with Crippen molar-refractivity contribution in [1.29, 1.82) is 0 Å². The largest absolute Gasteiger partial charge is 0.424 e. The number of pyridine rings is 1. The first-order chi connectivity index (χ1) is 19.3. The molecule has 1 aliphatic rings. The number of aryl methyl sites for hydroxylation is 1. The number of carbonyl (C=O) groups excluding carboxylic acids is 1. The quantitative estimate of drug-likeness (QED) is 0.258. The van der Waals surface area contributed by atoms with Crippen molar-refractivity contribution >= 4 is 39.6 Å². The molecule has 2 aromatic carbocycles.